The Hall–Kier alpha value is -0.210. The standard InChI is InChI=1S/C10H10BrIN2OS/c1-5(9(13)16)14-10(15)7-4-6(11)2-3-8(7)12/h2-5H,1H3,(H2,13,16)(H,14,15). The molecule has 0 heterocycles. The smallest absolute Gasteiger partial charge is 0.252 e. The van der Waals surface area contributed by atoms with Gasteiger partial charge in [-0.3, -0.25) is 4.79 Å². The number of benzene rings is 1. The van der Waals surface area contributed by atoms with E-state index in [1.165, 1.54) is 0 Å². The van der Waals surface area contributed by atoms with E-state index < -0.39 is 0 Å². The van der Waals surface area contributed by atoms with E-state index in [0.29, 0.717) is 5.56 Å². The van der Waals surface area contributed by atoms with Crippen molar-refractivity contribution in [3.05, 3.63) is 31.8 Å². The predicted molar refractivity (Wildman–Crippen MR) is 80.6 cm³/mol. The largest absolute Gasteiger partial charge is 0.392 e. The molecule has 1 rings (SSSR count). The van der Waals surface area contributed by atoms with Gasteiger partial charge < -0.3 is 11.1 Å². The van der Waals surface area contributed by atoms with E-state index in [4.69, 9.17) is 18.0 Å². The van der Waals surface area contributed by atoms with Gasteiger partial charge in [0.15, 0.2) is 0 Å². The van der Waals surface area contributed by atoms with Gasteiger partial charge in [-0.05, 0) is 47.7 Å². The molecule has 0 saturated heterocycles. The SMILES string of the molecule is CC(NC(=O)c1cc(Br)ccc1I)C(N)=S. The summed E-state index contributed by atoms with van der Waals surface area (Å²) in [7, 11) is 0. The predicted octanol–water partition coefficient (Wildman–Crippen LogP) is 2.46. The van der Waals surface area contributed by atoms with Crippen molar-refractivity contribution >= 4 is 61.6 Å². The van der Waals surface area contributed by atoms with Crippen LogP contribution in [-0.4, -0.2) is 16.9 Å². The van der Waals surface area contributed by atoms with Gasteiger partial charge in [0.25, 0.3) is 5.91 Å². The minimum Gasteiger partial charge on any atom is -0.392 e. The van der Waals surface area contributed by atoms with Gasteiger partial charge in [0.2, 0.25) is 0 Å². The minimum atomic E-state index is -0.308. The summed E-state index contributed by atoms with van der Waals surface area (Å²) in [4.78, 5) is 12.2. The summed E-state index contributed by atoms with van der Waals surface area (Å²) < 4.78 is 1.74. The van der Waals surface area contributed by atoms with Crippen molar-refractivity contribution in [3.8, 4) is 0 Å². The van der Waals surface area contributed by atoms with E-state index >= 15 is 0 Å². The second-order valence-electron chi connectivity index (χ2n) is 3.22. The minimum absolute atomic E-state index is 0.175. The maximum atomic E-state index is 11.9. The highest BCUT2D eigenvalue weighted by atomic mass is 127. The molecule has 0 saturated carbocycles. The van der Waals surface area contributed by atoms with Crippen LogP contribution < -0.4 is 11.1 Å². The molecule has 1 amide bonds. The normalized spacial score (nSPS) is 11.9. The molecule has 0 bridgehead atoms. The molecule has 0 radical (unpaired) electrons. The molecule has 1 aromatic rings. The van der Waals surface area contributed by atoms with Crippen LogP contribution in [0.4, 0.5) is 0 Å². The van der Waals surface area contributed by atoms with Crippen LogP contribution in [0.3, 0.4) is 0 Å². The lowest BCUT2D eigenvalue weighted by molar-refractivity contribution is 0.0948. The zero-order valence-electron chi connectivity index (χ0n) is 8.46. The summed E-state index contributed by atoms with van der Waals surface area (Å²) in [6.07, 6.45) is 0. The first kappa shape index (κ1) is 13.9. The van der Waals surface area contributed by atoms with Crippen molar-refractivity contribution in [2.45, 2.75) is 13.0 Å². The monoisotopic (exact) mass is 412 g/mol. The Kier molecular flexibility index (Phi) is 5.13. The number of carbonyl (C=O) groups is 1. The molecule has 86 valence electrons. The van der Waals surface area contributed by atoms with E-state index in [-0.39, 0.29) is 16.9 Å². The van der Waals surface area contributed by atoms with Gasteiger partial charge >= 0.3 is 0 Å². The fourth-order valence-corrected chi connectivity index (χ4v) is 2.02. The van der Waals surface area contributed by atoms with E-state index in [9.17, 15) is 4.79 Å². The highest BCUT2D eigenvalue weighted by Crippen LogP contribution is 2.18. The summed E-state index contributed by atoms with van der Waals surface area (Å²) in [6.45, 7) is 1.76. The summed E-state index contributed by atoms with van der Waals surface area (Å²) in [5.74, 6) is -0.175. The molecule has 1 atom stereocenters. The van der Waals surface area contributed by atoms with Crippen molar-refractivity contribution in [2.75, 3.05) is 0 Å². The van der Waals surface area contributed by atoms with Crippen LogP contribution in [0.1, 0.15) is 17.3 Å². The molecular weight excluding hydrogens is 403 g/mol. The van der Waals surface area contributed by atoms with E-state index in [1.54, 1.807) is 13.0 Å². The third-order valence-electron chi connectivity index (χ3n) is 1.95. The van der Waals surface area contributed by atoms with E-state index in [2.05, 4.69) is 43.8 Å². The average molecular weight is 413 g/mol. The molecule has 3 N–H and O–H groups in total. The van der Waals surface area contributed by atoms with Crippen molar-refractivity contribution in [3.63, 3.8) is 0 Å². The third-order valence-corrected chi connectivity index (χ3v) is 3.73. The average Bonchev–Trinajstić information content (AvgIpc) is 2.21. The lowest BCUT2D eigenvalue weighted by atomic mass is 10.2. The zero-order chi connectivity index (χ0) is 12.3. The summed E-state index contributed by atoms with van der Waals surface area (Å²) in [5, 5.41) is 2.73. The Morgan fingerprint density at radius 3 is 2.81 bits per heavy atom. The van der Waals surface area contributed by atoms with Gasteiger partial charge in [0.05, 0.1) is 16.6 Å². The number of nitrogens with two attached hydrogens (primary N) is 1. The molecule has 0 aromatic heterocycles. The summed E-state index contributed by atoms with van der Waals surface area (Å²) >= 11 is 10.2. The van der Waals surface area contributed by atoms with Crippen LogP contribution in [0, 0.1) is 3.57 Å². The first-order valence-corrected chi connectivity index (χ1v) is 6.75. The lowest BCUT2D eigenvalue weighted by Crippen LogP contribution is -2.41. The number of hydrogen-bond donors (Lipinski definition) is 2. The van der Waals surface area contributed by atoms with Crippen LogP contribution in [-0.2, 0) is 0 Å². The fourth-order valence-electron chi connectivity index (χ4n) is 1.02. The molecule has 0 aliphatic carbocycles. The zero-order valence-corrected chi connectivity index (χ0v) is 13.0. The van der Waals surface area contributed by atoms with Crippen LogP contribution in [0.15, 0.2) is 22.7 Å². The summed E-state index contributed by atoms with van der Waals surface area (Å²) in [5.41, 5.74) is 6.05. The second-order valence-corrected chi connectivity index (χ2v) is 5.77. The first-order valence-electron chi connectivity index (χ1n) is 4.47. The van der Waals surface area contributed by atoms with Gasteiger partial charge in [0.1, 0.15) is 0 Å². The Morgan fingerprint density at radius 2 is 2.25 bits per heavy atom. The molecule has 0 spiro atoms. The Labute approximate surface area is 121 Å². The maximum Gasteiger partial charge on any atom is 0.252 e. The van der Waals surface area contributed by atoms with Gasteiger partial charge in [-0.25, -0.2) is 0 Å². The Balaban J connectivity index is 2.88. The lowest BCUT2D eigenvalue weighted by Gasteiger charge is -2.13. The number of hydrogen-bond acceptors (Lipinski definition) is 2. The molecular formula is C10H10BrIN2OS. The van der Waals surface area contributed by atoms with Gasteiger partial charge in [0, 0.05) is 8.04 Å². The number of halogens is 2. The quantitative estimate of drug-likeness (QED) is 0.592. The molecule has 3 nitrogen and oxygen atoms in total. The van der Waals surface area contributed by atoms with E-state index in [0.717, 1.165) is 8.04 Å². The maximum absolute atomic E-state index is 11.9. The highest BCUT2D eigenvalue weighted by Gasteiger charge is 2.14. The number of carbonyl (C=O) groups excluding carboxylic acids is 1. The Bertz CT molecular complexity index is 439. The molecule has 0 aliphatic rings. The van der Waals surface area contributed by atoms with Gasteiger partial charge in [-0.1, -0.05) is 28.1 Å². The van der Waals surface area contributed by atoms with Gasteiger partial charge in [-0.15, -0.1) is 0 Å². The number of nitrogens with one attached hydrogen (secondary N) is 1. The van der Waals surface area contributed by atoms with Crippen molar-refractivity contribution in [1.29, 1.82) is 0 Å². The van der Waals surface area contributed by atoms with Crippen molar-refractivity contribution in [2.24, 2.45) is 5.73 Å². The molecule has 16 heavy (non-hydrogen) atoms. The number of rotatable bonds is 3. The van der Waals surface area contributed by atoms with Gasteiger partial charge in [-0.2, -0.15) is 0 Å². The number of amides is 1. The van der Waals surface area contributed by atoms with Crippen LogP contribution in [0.5, 0.6) is 0 Å². The molecule has 1 unspecified atom stereocenters. The molecule has 0 fully saturated rings. The Morgan fingerprint density at radius 1 is 1.62 bits per heavy atom. The molecule has 0 aliphatic heterocycles. The third kappa shape index (κ3) is 3.67. The number of thiocarbonyl (C=S) groups is 1. The van der Waals surface area contributed by atoms with E-state index in [1.807, 2.05) is 12.1 Å². The second kappa shape index (κ2) is 5.92. The summed E-state index contributed by atoms with van der Waals surface area (Å²) in [6, 6.07) is 5.21. The first-order chi connectivity index (χ1) is 7.41. The van der Waals surface area contributed by atoms with Crippen LogP contribution >= 0.6 is 50.7 Å². The molecule has 1 aromatic carbocycles. The van der Waals surface area contributed by atoms with Crippen LogP contribution in [0.25, 0.3) is 0 Å². The van der Waals surface area contributed by atoms with Crippen molar-refractivity contribution in [1.82, 2.24) is 5.32 Å². The van der Waals surface area contributed by atoms with Crippen molar-refractivity contribution < 1.29 is 4.79 Å². The fraction of sp³-hybridized carbons (Fsp3) is 0.200. The molecule has 6 heteroatoms. The highest BCUT2D eigenvalue weighted by molar-refractivity contribution is 14.1. The topological polar surface area (TPSA) is 55.1 Å². The van der Waals surface area contributed by atoms with Crippen LogP contribution in [0.2, 0.25) is 0 Å².